The molecule has 0 unspecified atom stereocenters. The molecule has 0 fully saturated rings. The quantitative estimate of drug-likeness (QED) is 0.246. The Morgan fingerprint density at radius 1 is 0.853 bits per heavy atom. The van der Waals surface area contributed by atoms with E-state index in [-0.39, 0.29) is 5.41 Å². The number of nitrogens with zero attached hydrogens (tertiary/aromatic N) is 2. The normalized spacial score (nSPS) is 11.7. The molecule has 0 aliphatic rings. The third kappa shape index (κ3) is 5.80. The number of para-hydroxylation sites is 2. The van der Waals surface area contributed by atoms with E-state index in [9.17, 15) is 0 Å². The van der Waals surface area contributed by atoms with E-state index in [0.29, 0.717) is 13.2 Å². The Labute approximate surface area is 203 Å². The minimum Gasteiger partial charge on any atom is -0.494 e. The number of hydrogen-bond donors (Lipinski definition) is 0. The number of benzene rings is 3. The first-order chi connectivity index (χ1) is 16.3. The molecular weight excluding hydrogens is 420 g/mol. The fourth-order valence-electron chi connectivity index (χ4n) is 4.10. The highest BCUT2D eigenvalue weighted by molar-refractivity contribution is 5.75. The molecule has 0 N–H and O–H groups in total. The van der Waals surface area contributed by atoms with Gasteiger partial charge in [0.1, 0.15) is 23.9 Å². The molecule has 0 aliphatic heterocycles. The minimum atomic E-state index is 0.158. The number of imidazole rings is 1. The van der Waals surface area contributed by atoms with Crippen LogP contribution in [0.4, 0.5) is 0 Å². The van der Waals surface area contributed by atoms with Gasteiger partial charge in [0.15, 0.2) is 0 Å². The Hall–Kier alpha value is -3.27. The number of aromatic nitrogens is 2. The first-order valence-electron chi connectivity index (χ1n) is 12.2. The maximum atomic E-state index is 6.18. The maximum absolute atomic E-state index is 6.18. The highest BCUT2D eigenvalue weighted by Crippen LogP contribution is 2.25. The molecule has 0 bridgehead atoms. The van der Waals surface area contributed by atoms with Gasteiger partial charge in [-0.1, -0.05) is 57.2 Å². The number of ether oxygens (including phenoxy) is 2. The molecule has 0 spiro atoms. The van der Waals surface area contributed by atoms with Crippen molar-refractivity contribution in [1.29, 1.82) is 0 Å². The van der Waals surface area contributed by atoms with Crippen molar-refractivity contribution in [2.75, 3.05) is 6.61 Å². The molecule has 0 aliphatic carbocycles. The van der Waals surface area contributed by atoms with E-state index in [4.69, 9.17) is 14.5 Å². The number of unbranched alkanes of at least 4 members (excludes halogenated alkanes) is 1. The summed E-state index contributed by atoms with van der Waals surface area (Å²) in [4.78, 5) is 4.86. The highest BCUT2D eigenvalue weighted by Gasteiger charge is 2.14. The zero-order valence-electron chi connectivity index (χ0n) is 21.1. The summed E-state index contributed by atoms with van der Waals surface area (Å²) in [6.45, 7) is 12.9. The van der Waals surface area contributed by atoms with Crippen LogP contribution in [0.1, 0.15) is 56.1 Å². The topological polar surface area (TPSA) is 36.3 Å². The van der Waals surface area contributed by atoms with Gasteiger partial charge in [0.2, 0.25) is 0 Å². The van der Waals surface area contributed by atoms with Gasteiger partial charge < -0.3 is 14.0 Å². The van der Waals surface area contributed by atoms with E-state index >= 15 is 0 Å². The monoisotopic (exact) mass is 456 g/mol. The first-order valence-corrected chi connectivity index (χ1v) is 12.2. The molecule has 34 heavy (non-hydrogen) atoms. The summed E-state index contributed by atoms with van der Waals surface area (Å²) in [5, 5.41) is 0. The molecule has 4 heteroatoms. The molecule has 1 heterocycles. The van der Waals surface area contributed by atoms with Crippen molar-refractivity contribution in [3.05, 3.63) is 89.2 Å². The van der Waals surface area contributed by atoms with Crippen molar-refractivity contribution in [3.63, 3.8) is 0 Å². The summed E-state index contributed by atoms with van der Waals surface area (Å²) < 4.78 is 14.5. The Morgan fingerprint density at radius 3 is 2.38 bits per heavy atom. The lowest BCUT2D eigenvalue weighted by molar-refractivity contribution is 0.283. The zero-order valence-corrected chi connectivity index (χ0v) is 21.1. The average molecular weight is 457 g/mol. The van der Waals surface area contributed by atoms with Crippen LogP contribution in [0.25, 0.3) is 11.0 Å². The lowest BCUT2D eigenvalue weighted by atomic mass is 9.87. The van der Waals surface area contributed by atoms with Gasteiger partial charge in [0, 0.05) is 6.54 Å². The molecule has 178 valence electrons. The summed E-state index contributed by atoms with van der Waals surface area (Å²) in [7, 11) is 0. The van der Waals surface area contributed by atoms with Crippen LogP contribution in [-0.2, 0) is 18.6 Å². The van der Waals surface area contributed by atoms with E-state index < -0.39 is 0 Å². The average Bonchev–Trinajstić information content (AvgIpc) is 3.16. The van der Waals surface area contributed by atoms with Gasteiger partial charge in [-0.15, -0.1) is 0 Å². The number of hydrogen-bond acceptors (Lipinski definition) is 3. The fraction of sp³-hybridized carbons (Fsp3) is 0.367. The lowest BCUT2D eigenvalue weighted by Gasteiger charge is -2.19. The second-order valence-electron chi connectivity index (χ2n) is 10.1. The molecule has 0 radical (unpaired) electrons. The molecule has 0 saturated heterocycles. The van der Waals surface area contributed by atoms with Crippen LogP contribution in [0.2, 0.25) is 0 Å². The molecule has 0 amide bonds. The molecule has 4 aromatic rings. The minimum absolute atomic E-state index is 0.158. The van der Waals surface area contributed by atoms with Crippen LogP contribution in [0.3, 0.4) is 0 Å². The standard InChI is InChI=1S/C30H36N2O2/c1-22-12-13-23(2)28(20-22)34-21-29-31-26-10-6-7-11-27(26)32(29)18-8-9-19-33-25-16-14-24(15-17-25)30(3,4)5/h6-7,10-17,20H,8-9,18-19,21H2,1-5H3. The maximum Gasteiger partial charge on any atom is 0.147 e. The Balaban J connectivity index is 1.36. The van der Waals surface area contributed by atoms with Crippen LogP contribution < -0.4 is 9.47 Å². The van der Waals surface area contributed by atoms with Crippen molar-refractivity contribution >= 4 is 11.0 Å². The van der Waals surface area contributed by atoms with Crippen molar-refractivity contribution < 1.29 is 9.47 Å². The fourth-order valence-corrected chi connectivity index (χ4v) is 4.10. The van der Waals surface area contributed by atoms with Crippen molar-refractivity contribution in [1.82, 2.24) is 9.55 Å². The molecule has 4 nitrogen and oxygen atoms in total. The summed E-state index contributed by atoms with van der Waals surface area (Å²) in [5.41, 5.74) is 5.98. The van der Waals surface area contributed by atoms with Crippen LogP contribution in [0.15, 0.2) is 66.7 Å². The number of fused-ring (bicyclic) bond motifs is 1. The molecule has 0 atom stereocenters. The molecule has 3 aromatic carbocycles. The van der Waals surface area contributed by atoms with Crippen LogP contribution in [-0.4, -0.2) is 16.2 Å². The van der Waals surface area contributed by atoms with E-state index in [1.54, 1.807) is 0 Å². The van der Waals surface area contributed by atoms with Crippen LogP contribution in [0, 0.1) is 13.8 Å². The van der Waals surface area contributed by atoms with Gasteiger partial charge in [0.25, 0.3) is 0 Å². The van der Waals surface area contributed by atoms with Crippen molar-refractivity contribution in [2.24, 2.45) is 0 Å². The van der Waals surface area contributed by atoms with Gasteiger partial charge >= 0.3 is 0 Å². The molecule has 1 aromatic heterocycles. The SMILES string of the molecule is Cc1ccc(C)c(OCc2nc3ccccc3n2CCCCOc2ccc(C(C)(C)C)cc2)c1. The van der Waals surface area contributed by atoms with Gasteiger partial charge in [-0.3, -0.25) is 0 Å². The second kappa shape index (κ2) is 10.3. The van der Waals surface area contributed by atoms with Crippen molar-refractivity contribution in [2.45, 2.75) is 66.0 Å². The van der Waals surface area contributed by atoms with Gasteiger partial charge in [0.05, 0.1) is 17.6 Å². The highest BCUT2D eigenvalue weighted by atomic mass is 16.5. The van der Waals surface area contributed by atoms with Crippen LogP contribution >= 0.6 is 0 Å². The van der Waals surface area contributed by atoms with E-state index in [2.05, 4.69) is 99.8 Å². The molecule has 4 rings (SSSR count). The van der Waals surface area contributed by atoms with E-state index in [0.717, 1.165) is 53.3 Å². The third-order valence-corrected chi connectivity index (χ3v) is 6.20. The zero-order chi connectivity index (χ0) is 24.1. The largest absolute Gasteiger partial charge is 0.494 e. The van der Waals surface area contributed by atoms with Gasteiger partial charge in [-0.2, -0.15) is 0 Å². The summed E-state index contributed by atoms with van der Waals surface area (Å²) >= 11 is 0. The smallest absolute Gasteiger partial charge is 0.147 e. The predicted molar refractivity (Wildman–Crippen MR) is 140 cm³/mol. The number of rotatable bonds is 9. The van der Waals surface area contributed by atoms with E-state index in [1.807, 2.05) is 6.07 Å². The number of aryl methyl sites for hydroxylation is 3. The predicted octanol–water partition coefficient (Wildman–Crippen LogP) is 7.39. The summed E-state index contributed by atoms with van der Waals surface area (Å²) in [5.74, 6) is 2.81. The molecule has 0 saturated carbocycles. The third-order valence-electron chi connectivity index (χ3n) is 6.20. The second-order valence-corrected chi connectivity index (χ2v) is 10.1. The lowest BCUT2D eigenvalue weighted by Crippen LogP contribution is -2.10. The van der Waals surface area contributed by atoms with Gasteiger partial charge in [-0.25, -0.2) is 4.98 Å². The Kier molecular flexibility index (Phi) is 7.26. The molecular formula is C30H36N2O2. The van der Waals surface area contributed by atoms with Crippen LogP contribution in [0.5, 0.6) is 11.5 Å². The van der Waals surface area contributed by atoms with Gasteiger partial charge in [-0.05, 0) is 79.1 Å². The summed E-state index contributed by atoms with van der Waals surface area (Å²) in [6, 6.07) is 23.1. The van der Waals surface area contributed by atoms with E-state index in [1.165, 1.54) is 11.1 Å². The Bertz CT molecular complexity index is 1230. The Morgan fingerprint density at radius 2 is 1.62 bits per heavy atom. The first kappa shape index (κ1) is 23.9. The summed E-state index contributed by atoms with van der Waals surface area (Å²) in [6.07, 6.45) is 1.99. The van der Waals surface area contributed by atoms with Crippen molar-refractivity contribution in [3.8, 4) is 11.5 Å².